The van der Waals surface area contributed by atoms with E-state index in [1.807, 2.05) is 6.07 Å². The van der Waals surface area contributed by atoms with Crippen LogP contribution in [0.25, 0.3) is 0 Å². The number of isocyanates is 1. The summed E-state index contributed by atoms with van der Waals surface area (Å²) in [5.41, 5.74) is 6.02. The van der Waals surface area contributed by atoms with Crippen LogP contribution < -0.4 is 25.8 Å². The minimum absolute atomic E-state index is 0.0000469. The molecule has 0 aliphatic carbocycles. The highest BCUT2D eigenvalue weighted by Gasteiger charge is 2.30. The lowest BCUT2D eigenvalue weighted by atomic mass is 10.2. The summed E-state index contributed by atoms with van der Waals surface area (Å²) in [5, 5.41) is 4.87. The van der Waals surface area contributed by atoms with Gasteiger partial charge in [-0.25, -0.2) is 26.4 Å². The molecule has 0 radical (unpaired) electrons. The SMILES string of the molecule is Nc1ccc(S(=O)(=O)Nc2ccccc2)cc1.O=C(Nc1ccc(C(F)(F)F)cc1)Nc1ccc(S(=O)(=O)Nc2ccccc2)cc1.O=C=Nc1ccc(C(F)(F)F)cc1. The number of aliphatic imine (C=N–C) groups is 1. The third kappa shape index (κ3) is 14.3. The molecule has 0 unspecified atom stereocenters. The van der Waals surface area contributed by atoms with E-state index in [0.29, 0.717) is 22.7 Å². The summed E-state index contributed by atoms with van der Waals surface area (Å²) < 4.78 is 127. The Labute approximate surface area is 339 Å². The Bertz CT molecular complexity index is 2590. The van der Waals surface area contributed by atoms with Gasteiger partial charge in [0.05, 0.1) is 26.6 Å². The van der Waals surface area contributed by atoms with E-state index in [9.17, 15) is 52.8 Å². The van der Waals surface area contributed by atoms with E-state index >= 15 is 0 Å². The van der Waals surface area contributed by atoms with Gasteiger partial charge in [-0.1, -0.05) is 36.4 Å². The van der Waals surface area contributed by atoms with Gasteiger partial charge in [0, 0.05) is 28.4 Å². The maximum atomic E-state index is 12.6. The molecule has 0 heterocycles. The number of benzene rings is 6. The summed E-state index contributed by atoms with van der Waals surface area (Å²) in [7, 11) is -7.33. The molecule has 2 amide bonds. The molecular weight excluding hydrogens is 839 g/mol. The maximum absolute atomic E-state index is 12.6. The number of amides is 2. The van der Waals surface area contributed by atoms with Crippen molar-refractivity contribution in [3.8, 4) is 0 Å². The first kappa shape index (κ1) is 45.6. The highest BCUT2D eigenvalue weighted by Crippen LogP contribution is 2.31. The Morgan fingerprint density at radius 2 is 0.850 bits per heavy atom. The standard InChI is InChI=1S/C20H16F3N3O3S.C12H12N2O2S.C8H4F3NO/c21-20(22,23)14-6-8-15(9-7-14)24-19(27)25-16-10-12-18(13-11-16)30(28,29)26-17-4-2-1-3-5-17;13-10-6-8-12(9-7-10)17(15,16)14-11-4-2-1-3-5-11;9-8(10,11)6-1-3-7(4-2-6)12-5-13/h1-13,26H,(H2,24,25,27);1-9,14H,13H2;1-4H. The van der Waals surface area contributed by atoms with Gasteiger partial charge in [-0.2, -0.15) is 31.3 Å². The number of hydrogen-bond donors (Lipinski definition) is 5. The first-order chi connectivity index (χ1) is 28.2. The molecule has 0 saturated carbocycles. The number of para-hydroxylation sites is 2. The van der Waals surface area contributed by atoms with Crippen LogP contribution in [-0.4, -0.2) is 28.9 Å². The second-order valence-electron chi connectivity index (χ2n) is 11.9. The molecule has 6 N–H and O–H groups in total. The van der Waals surface area contributed by atoms with Crippen molar-refractivity contribution in [1.82, 2.24) is 0 Å². The fourth-order valence-electron chi connectivity index (χ4n) is 4.62. The van der Waals surface area contributed by atoms with Crippen molar-refractivity contribution in [3.63, 3.8) is 0 Å². The summed E-state index contributed by atoms with van der Waals surface area (Å²) >= 11 is 0. The Morgan fingerprint density at radius 3 is 1.22 bits per heavy atom. The Morgan fingerprint density at radius 1 is 0.500 bits per heavy atom. The molecule has 20 heteroatoms. The van der Waals surface area contributed by atoms with Gasteiger partial charge in [0.2, 0.25) is 6.08 Å². The Kier molecular flexibility index (Phi) is 15.2. The van der Waals surface area contributed by atoms with Crippen LogP contribution in [-0.2, 0) is 37.2 Å². The summed E-state index contributed by atoms with van der Waals surface area (Å²) in [5.74, 6) is 0. The highest BCUT2D eigenvalue weighted by molar-refractivity contribution is 7.93. The molecular formula is C40H32F6N6O6S2. The van der Waals surface area contributed by atoms with E-state index in [1.165, 1.54) is 42.5 Å². The topological polar surface area (TPSA) is 189 Å². The van der Waals surface area contributed by atoms with Gasteiger partial charge in [0.15, 0.2) is 0 Å². The van der Waals surface area contributed by atoms with Crippen molar-refractivity contribution in [2.45, 2.75) is 22.1 Å². The van der Waals surface area contributed by atoms with E-state index < -0.39 is 49.6 Å². The van der Waals surface area contributed by atoms with E-state index in [-0.39, 0.29) is 21.2 Å². The average molecular weight is 871 g/mol. The summed E-state index contributed by atoms with van der Waals surface area (Å²) in [6.45, 7) is 0. The van der Waals surface area contributed by atoms with Crippen LogP contribution in [0.5, 0.6) is 0 Å². The van der Waals surface area contributed by atoms with Crippen molar-refractivity contribution >= 4 is 66.3 Å². The van der Waals surface area contributed by atoms with Crippen molar-refractivity contribution < 1.29 is 52.8 Å². The quantitative estimate of drug-likeness (QED) is 0.0414. The molecule has 12 nitrogen and oxygen atoms in total. The Balaban J connectivity index is 0.000000222. The van der Waals surface area contributed by atoms with Crippen LogP contribution in [0.2, 0.25) is 0 Å². The number of anilines is 5. The largest absolute Gasteiger partial charge is 0.416 e. The normalized spacial score (nSPS) is 11.2. The number of nitrogen functional groups attached to an aromatic ring is 1. The zero-order valence-corrected chi connectivity index (χ0v) is 32.2. The predicted octanol–water partition coefficient (Wildman–Crippen LogP) is 9.89. The number of halogens is 6. The molecule has 0 bridgehead atoms. The van der Waals surface area contributed by atoms with Crippen molar-refractivity contribution in [2.75, 3.05) is 25.8 Å². The number of nitrogens with two attached hydrogens (primary N) is 1. The molecule has 6 rings (SSSR count). The zero-order valence-electron chi connectivity index (χ0n) is 30.6. The average Bonchev–Trinajstić information content (AvgIpc) is 3.19. The minimum Gasteiger partial charge on any atom is -0.399 e. The summed E-state index contributed by atoms with van der Waals surface area (Å²) in [6, 6.07) is 35.8. The van der Waals surface area contributed by atoms with Crippen LogP contribution in [0.15, 0.2) is 173 Å². The van der Waals surface area contributed by atoms with Gasteiger partial charge < -0.3 is 16.4 Å². The molecule has 6 aromatic rings. The second-order valence-corrected chi connectivity index (χ2v) is 15.3. The van der Waals surface area contributed by atoms with Crippen LogP contribution in [0.1, 0.15) is 11.1 Å². The van der Waals surface area contributed by atoms with Crippen LogP contribution >= 0.6 is 0 Å². The number of carbonyl (C=O) groups is 1. The number of nitrogens with one attached hydrogen (secondary N) is 4. The number of rotatable bonds is 9. The predicted molar refractivity (Wildman–Crippen MR) is 215 cm³/mol. The number of carbonyl (C=O) groups excluding carboxylic acids is 2. The zero-order chi connectivity index (χ0) is 44.0. The lowest BCUT2D eigenvalue weighted by Gasteiger charge is -2.11. The molecule has 0 fully saturated rings. The molecule has 0 saturated heterocycles. The maximum Gasteiger partial charge on any atom is 0.416 e. The first-order valence-corrected chi connectivity index (χ1v) is 19.8. The molecule has 0 aliphatic rings. The van der Waals surface area contributed by atoms with Crippen LogP contribution in [0.3, 0.4) is 0 Å². The van der Waals surface area contributed by atoms with E-state index in [0.717, 1.165) is 48.5 Å². The number of alkyl halides is 6. The van der Waals surface area contributed by atoms with Gasteiger partial charge in [-0.3, -0.25) is 9.44 Å². The van der Waals surface area contributed by atoms with Gasteiger partial charge in [0.1, 0.15) is 0 Å². The van der Waals surface area contributed by atoms with Gasteiger partial charge in [-0.05, 0) is 121 Å². The molecule has 0 atom stereocenters. The fraction of sp³-hybridized carbons (Fsp3) is 0.0500. The molecule has 6 aromatic carbocycles. The van der Waals surface area contributed by atoms with Crippen LogP contribution in [0.4, 0.5) is 65.3 Å². The molecule has 312 valence electrons. The van der Waals surface area contributed by atoms with Crippen molar-refractivity contribution in [1.29, 1.82) is 0 Å². The van der Waals surface area contributed by atoms with Crippen LogP contribution in [0, 0.1) is 0 Å². The van der Waals surface area contributed by atoms with Gasteiger partial charge >= 0.3 is 18.4 Å². The third-order valence-electron chi connectivity index (χ3n) is 7.50. The molecule has 0 spiro atoms. The number of sulfonamides is 2. The number of hydrogen-bond acceptors (Lipinski definition) is 8. The number of nitrogens with zero attached hydrogens (tertiary/aromatic N) is 1. The van der Waals surface area contributed by atoms with Crippen molar-refractivity contribution in [2.24, 2.45) is 4.99 Å². The Hall–Kier alpha value is -7.15. The van der Waals surface area contributed by atoms with Crippen molar-refractivity contribution in [3.05, 3.63) is 169 Å². The fourth-order valence-corrected chi connectivity index (χ4v) is 6.74. The lowest BCUT2D eigenvalue weighted by molar-refractivity contribution is -0.138. The smallest absolute Gasteiger partial charge is 0.399 e. The van der Waals surface area contributed by atoms with E-state index in [1.54, 1.807) is 66.7 Å². The minimum atomic E-state index is -4.46. The summed E-state index contributed by atoms with van der Waals surface area (Å²) in [4.78, 5) is 25.1. The van der Waals surface area contributed by atoms with Gasteiger partial charge in [0.25, 0.3) is 20.0 Å². The van der Waals surface area contributed by atoms with E-state index in [2.05, 4.69) is 25.1 Å². The van der Waals surface area contributed by atoms with E-state index in [4.69, 9.17) is 5.73 Å². The molecule has 0 aromatic heterocycles. The third-order valence-corrected chi connectivity index (χ3v) is 10.3. The lowest BCUT2D eigenvalue weighted by Crippen LogP contribution is -2.19. The first-order valence-electron chi connectivity index (χ1n) is 16.9. The molecule has 60 heavy (non-hydrogen) atoms. The number of urea groups is 1. The summed E-state index contributed by atoms with van der Waals surface area (Å²) in [6.07, 6.45) is -7.58. The monoisotopic (exact) mass is 870 g/mol. The highest BCUT2D eigenvalue weighted by atomic mass is 32.2. The van der Waals surface area contributed by atoms with Gasteiger partial charge in [-0.15, -0.1) is 0 Å². The second kappa shape index (κ2) is 20.0. The molecule has 0 aliphatic heterocycles.